The Morgan fingerprint density at radius 3 is 2.61 bits per heavy atom. The number of hydrogen-bond acceptors (Lipinski definition) is 4. The van der Waals surface area contributed by atoms with Crippen LogP contribution in [0.25, 0.3) is 0 Å². The molecule has 1 aliphatic heterocycles. The molecule has 3 rings (SSSR count). The zero-order valence-corrected chi connectivity index (χ0v) is 19.0. The number of amides is 1. The molecule has 1 heterocycles. The van der Waals surface area contributed by atoms with Crippen molar-refractivity contribution in [3.05, 3.63) is 44.9 Å². The second kappa shape index (κ2) is 7.57. The number of carbonyl (C=O) groups is 1. The van der Waals surface area contributed by atoms with Gasteiger partial charge in [-0.3, -0.25) is 9.52 Å². The molecular weight excluding hydrogens is 468 g/mol. The maximum absolute atomic E-state index is 13.3. The summed E-state index contributed by atoms with van der Waals surface area (Å²) in [4.78, 5) is 13.8. The summed E-state index contributed by atoms with van der Waals surface area (Å²) in [6.45, 7) is 5.10. The van der Waals surface area contributed by atoms with Crippen molar-refractivity contribution in [1.29, 1.82) is 0 Å². The molecule has 150 valence electrons. The van der Waals surface area contributed by atoms with Crippen LogP contribution in [0.2, 0.25) is 5.02 Å². The number of methoxy groups -OCH3 is 1. The van der Waals surface area contributed by atoms with Gasteiger partial charge in [0.25, 0.3) is 10.0 Å². The number of ether oxygens (including phenoxy) is 1. The average molecular weight is 488 g/mol. The molecule has 0 saturated heterocycles. The monoisotopic (exact) mass is 486 g/mol. The lowest BCUT2D eigenvalue weighted by Gasteiger charge is -2.23. The highest BCUT2D eigenvalue weighted by molar-refractivity contribution is 9.10. The first-order valence-corrected chi connectivity index (χ1v) is 11.2. The quantitative estimate of drug-likeness (QED) is 0.688. The first-order valence-electron chi connectivity index (χ1n) is 8.54. The number of rotatable bonds is 4. The molecule has 0 radical (unpaired) electrons. The Morgan fingerprint density at radius 1 is 1.32 bits per heavy atom. The van der Waals surface area contributed by atoms with Crippen LogP contribution in [0.3, 0.4) is 0 Å². The molecule has 1 atom stereocenters. The minimum Gasteiger partial charge on any atom is -0.495 e. The van der Waals surface area contributed by atoms with Crippen molar-refractivity contribution in [2.75, 3.05) is 16.7 Å². The second-order valence-electron chi connectivity index (χ2n) is 6.76. The Morgan fingerprint density at radius 2 is 2.00 bits per heavy atom. The summed E-state index contributed by atoms with van der Waals surface area (Å²) in [6, 6.07) is 6.40. The Bertz CT molecular complexity index is 1070. The average Bonchev–Trinajstić information content (AvgIpc) is 2.92. The number of nitrogens with zero attached hydrogens (tertiary/aromatic N) is 1. The van der Waals surface area contributed by atoms with Crippen molar-refractivity contribution in [3.8, 4) is 5.75 Å². The highest BCUT2D eigenvalue weighted by atomic mass is 79.9. The van der Waals surface area contributed by atoms with Gasteiger partial charge < -0.3 is 9.64 Å². The fraction of sp³-hybridized carbons (Fsp3) is 0.316. The molecule has 0 bridgehead atoms. The van der Waals surface area contributed by atoms with Gasteiger partial charge in [-0.15, -0.1) is 0 Å². The van der Waals surface area contributed by atoms with E-state index in [0.717, 1.165) is 5.56 Å². The second-order valence-corrected chi connectivity index (χ2v) is 9.73. The van der Waals surface area contributed by atoms with Crippen molar-refractivity contribution in [1.82, 2.24) is 0 Å². The van der Waals surface area contributed by atoms with Gasteiger partial charge in [-0.2, -0.15) is 0 Å². The Kier molecular flexibility index (Phi) is 5.67. The molecule has 0 fully saturated rings. The van der Waals surface area contributed by atoms with Gasteiger partial charge in [-0.1, -0.05) is 27.5 Å². The maximum atomic E-state index is 13.3. The third-order valence-electron chi connectivity index (χ3n) is 4.67. The first-order chi connectivity index (χ1) is 13.0. The Labute approximate surface area is 178 Å². The zero-order valence-electron chi connectivity index (χ0n) is 15.8. The Hall–Kier alpha value is -1.77. The SMILES string of the molecule is COc1cc(Cl)c(C)cc1NS(=O)(=O)c1cc(Br)cc2c1N(C(C)=O)C(C)C2. The van der Waals surface area contributed by atoms with Gasteiger partial charge in [0.05, 0.1) is 18.5 Å². The van der Waals surface area contributed by atoms with Crippen LogP contribution < -0.4 is 14.4 Å². The van der Waals surface area contributed by atoms with Gasteiger partial charge in [0.1, 0.15) is 10.6 Å². The van der Waals surface area contributed by atoms with E-state index in [9.17, 15) is 13.2 Å². The summed E-state index contributed by atoms with van der Waals surface area (Å²) in [5, 5.41) is 0.472. The zero-order chi connectivity index (χ0) is 20.8. The molecule has 1 unspecified atom stereocenters. The summed E-state index contributed by atoms with van der Waals surface area (Å²) in [6.07, 6.45) is 0.584. The van der Waals surface area contributed by atoms with Gasteiger partial charge in [-0.25, -0.2) is 8.42 Å². The summed E-state index contributed by atoms with van der Waals surface area (Å²) in [5.74, 6) is 0.104. The molecule has 2 aromatic carbocycles. The third-order valence-corrected chi connectivity index (χ3v) is 6.91. The number of halogens is 2. The number of anilines is 2. The van der Waals surface area contributed by atoms with Crippen LogP contribution in [-0.2, 0) is 21.2 Å². The van der Waals surface area contributed by atoms with E-state index in [0.29, 0.717) is 32.9 Å². The summed E-state index contributed by atoms with van der Waals surface area (Å²) < 4.78 is 35.1. The van der Waals surface area contributed by atoms with Crippen LogP contribution in [-0.4, -0.2) is 27.5 Å². The number of hydrogen-bond donors (Lipinski definition) is 1. The van der Waals surface area contributed by atoms with E-state index in [4.69, 9.17) is 16.3 Å². The van der Waals surface area contributed by atoms with Crippen LogP contribution >= 0.6 is 27.5 Å². The van der Waals surface area contributed by atoms with E-state index in [2.05, 4.69) is 20.7 Å². The number of fused-ring (bicyclic) bond motifs is 1. The molecule has 0 saturated carbocycles. The van der Waals surface area contributed by atoms with E-state index < -0.39 is 10.0 Å². The fourth-order valence-electron chi connectivity index (χ4n) is 3.47. The van der Waals surface area contributed by atoms with E-state index in [1.807, 2.05) is 13.0 Å². The van der Waals surface area contributed by atoms with Crippen molar-refractivity contribution in [2.24, 2.45) is 0 Å². The predicted molar refractivity (Wildman–Crippen MR) is 114 cm³/mol. The molecule has 9 heteroatoms. The summed E-state index contributed by atoms with van der Waals surface area (Å²) >= 11 is 9.49. The molecule has 0 aliphatic carbocycles. The summed E-state index contributed by atoms with van der Waals surface area (Å²) in [5.41, 5.74) is 2.20. The molecule has 6 nitrogen and oxygen atoms in total. The molecule has 0 spiro atoms. The van der Waals surface area contributed by atoms with Crippen molar-refractivity contribution >= 4 is 54.8 Å². The molecule has 1 aliphatic rings. The van der Waals surface area contributed by atoms with Gasteiger partial charge in [0.15, 0.2) is 0 Å². The van der Waals surface area contributed by atoms with Gasteiger partial charge >= 0.3 is 0 Å². The van der Waals surface area contributed by atoms with E-state index in [1.54, 1.807) is 19.1 Å². The summed E-state index contributed by atoms with van der Waals surface area (Å²) in [7, 11) is -2.57. The van der Waals surface area contributed by atoms with E-state index in [-0.39, 0.29) is 22.5 Å². The Balaban J connectivity index is 2.15. The van der Waals surface area contributed by atoms with E-state index in [1.165, 1.54) is 25.0 Å². The third kappa shape index (κ3) is 3.73. The normalized spacial score (nSPS) is 16.1. The number of sulfonamides is 1. The maximum Gasteiger partial charge on any atom is 0.264 e. The van der Waals surface area contributed by atoms with Crippen LogP contribution in [0.4, 0.5) is 11.4 Å². The number of benzene rings is 2. The lowest BCUT2D eigenvalue weighted by molar-refractivity contribution is -0.116. The lowest BCUT2D eigenvalue weighted by Crippen LogP contribution is -2.34. The number of carbonyl (C=O) groups excluding carboxylic acids is 1. The van der Waals surface area contributed by atoms with Crippen LogP contribution in [0.5, 0.6) is 5.75 Å². The molecule has 1 N–H and O–H groups in total. The first kappa shape index (κ1) is 21.0. The highest BCUT2D eigenvalue weighted by Crippen LogP contribution is 2.41. The lowest BCUT2D eigenvalue weighted by atomic mass is 10.1. The topological polar surface area (TPSA) is 75.7 Å². The van der Waals surface area contributed by atoms with Crippen molar-refractivity contribution in [2.45, 2.75) is 38.1 Å². The van der Waals surface area contributed by atoms with Gasteiger partial charge in [-0.05, 0) is 49.6 Å². The molecule has 1 amide bonds. The number of nitrogens with one attached hydrogen (secondary N) is 1. The smallest absolute Gasteiger partial charge is 0.264 e. The largest absolute Gasteiger partial charge is 0.495 e. The van der Waals surface area contributed by atoms with Crippen molar-refractivity contribution in [3.63, 3.8) is 0 Å². The van der Waals surface area contributed by atoms with E-state index >= 15 is 0 Å². The minimum atomic E-state index is -4.01. The predicted octanol–water partition coefficient (Wildman–Crippen LogP) is 4.52. The molecule has 2 aromatic rings. The number of aryl methyl sites for hydroxylation is 1. The van der Waals surface area contributed by atoms with Crippen LogP contribution in [0, 0.1) is 6.92 Å². The standard InChI is InChI=1S/C19H20BrClN2O4S/c1-10-5-16(17(27-4)9-15(10)21)22-28(25,26)18-8-14(20)7-13-6-11(2)23(12(3)24)19(13)18/h5,7-9,11,22H,6H2,1-4H3. The van der Waals surface area contributed by atoms with Gasteiger partial charge in [0.2, 0.25) is 5.91 Å². The molecule has 28 heavy (non-hydrogen) atoms. The molecule has 0 aromatic heterocycles. The minimum absolute atomic E-state index is 0.0334. The fourth-order valence-corrected chi connectivity index (χ4v) is 5.61. The van der Waals surface area contributed by atoms with Crippen molar-refractivity contribution < 1.29 is 17.9 Å². The van der Waals surface area contributed by atoms with Gasteiger partial charge in [0, 0.05) is 28.5 Å². The molecular formula is C19H20BrClN2O4S. The van der Waals surface area contributed by atoms with Crippen LogP contribution in [0.15, 0.2) is 33.6 Å². The highest BCUT2D eigenvalue weighted by Gasteiger charge is 2.35. The van der Waals surface area contributed by atoms with Crippen LogP contribution in [0.1, 0.15) is 25.0 Å².